The zero-order valence-corrected chi connectivity index (χ0v) is 39.6. The number of nitrogens with zero attached hydrogens (tertiary/aromatic N) is 2. The van der Waals surface area contributed by atoms with Gasteiger partial charge in [-0.2, -0.15) is 0 Å². The Labute approximate surface area is 376 Å². The van der Waals surface area contributed by atoms with Gasteiger partial charge in [0.05, 0.1) is 29.8 Å². The number of pyridine rings is 1. The van der Waals surface area contributed by atoms with Crippen molar-refractivity contribution >= 4 is 23.9 Å². The first-order chi connectivity index (χ1) is 30.1. The number of aliphatic carboxylic acids is 2. The molecule has 0 spiro atoms. The van der Waals surface area contributed by atoms with E-state index in [9.17, 15) is 29.4 Å². The number of unbranched alkanes of at least 4 members (excludes halogenated alkanes) is 24. The van der Waals surface area contributed by atoms with Gasteiger partial charge in [0, 0.05) is 43.2 Å². The molecule has 0 aromatic carbocycles. The molecule has 1 aliphatic heterocycles. The van der Waals surface area contributed by atoms with Crippen LogP contribution in [0.5, 0.6) is 0 Å². The van der Waals surface area contributed by atoms with Gasteiger partial charge in [-0.05, 0) is 57.6 Å². The predicted octanol–water partition coefficient (Wildman–Crippen LogP) is 13.6. The average Bonchev–Trinajstić information content (AvgIpc) is 3.25. The van der Waals surface area contributed by atoms with Crippen LogP contribution in [0.25, 0.3) is 0 Å². The summed E-state index contributed by atoms with van der Waals surface area (Å²) in [6.45, 7) is 8.37. The number of carbonyl (C=O) groups excluding carboxylic acids is 2. The van der Waals surface area contributed by atoms with E-state index in [1.54, 1.807) is 37.1 Å². The molecule has 2 heterocycles. The molecule has 0 bridgehead atoms. The summed E-state index contributed by atoms with van der Waals surface area (Å²) < 4.78 is 11.2. The highest BCUT2D eigenvalue weighted by molar-refractivity contribution is 6.00. The van der Waals surface area contributed by atoms with Crippen LogP contribution in [-0.4, -0.2) is 63.7 Å². The molecule has 0 fully saturated rings. The van der Waals surface area contributed by atoms with Crippen molar-refractivity contribution in [2.75, 3.05) is 19.8 Å². The van der Waals surface area contributed by atoms with Crippen molar-refractivity contribution in [3.63, 3.8) is 0 Å². The lowest BCUT2D eigenvalue weighted by Crippen LogP contribution is -2.46. The van der Waals surface area contributed by atoms with Crippen molar-refractivity contribution in [3.05, 3.63) is 52.6 Å². The third-order valence-electron chi connectivity index (χ3n) is 12.7. The van der Waals surface area contributed by atoms with Crippen LogP contribution >= 0.6 is 0 Å². The molecule has 0 radical (unpaired) electrons. The SMILES string of the molecule is CCCCCCCCCCCCCCCC(=O)OCCCN1C(C)=C(C(=O)O)C(CCCOC(=O)CCCCCCCCCCCCCCC)(c2cccnc2)C(C(=O)O)=C1C. The maximum absolute atomic E-state index is 13.2. The summed E-state index contributed by atoms with van der Waals surface area (Å²) in [5, 5.41) is 21.6. The van der Waals surface area contributed by atoms with Crippen LogP contribution in [0.1, 0.15) is 232 Å². The van der Waals surface area contributed by atoms with E-state index in [1.165, 1.54) is 135 Å². The Morgan fingerprint density at radius 1 is 0.548 bits per heavy atom. The highest BCUT2D eigenvalue weighted by Gasteiger charge is 2.51. The standard InChI is InChI=1S/C52H86N2O8/c1-5-7-9-11-13-15-17-19-21-23-25-27-29-35-46(55)61-40-32-37-52(45-34-31-38-53-42-45)48(50(57)58)43(3)54(44(4)49(52)51(59)60)39-33-41-62-47(56)36-30-28-26-24-22-20-18-16-14-12-10-8-6-2/h31,34,38,42H,5-30,32-33,35-37,39-41H2,1-4H3,(H,57,58)(H,59,60). The average molecular weight is 867 g/mol. The van der Waals surface area contributed by atoms with Gasteiger partial charge >= 0.3 is 23.9 Å². The fourth-order valence-corrected chi connectivity index (χ4v) is 9.22. The summed E-state index contributed by atoms with van der Waals surface area (Å²) in [4.78, 5) is 57.6. The van der Waals surface area contributed by atoms with Gasteiger partial charge in [0.1, 0.15) is 0 Å². The van der Waals surface area contributed by atoms with E-state index in [-0.39, 0.29) is 55.7 Å². The van der Waals surface area contributed by atoms with Gasteiger partial charge in [-0.1, -0.05) is 174 Å². The second-order valence-corrected chi connectivity index (χ2v) is 17.7. The minimum atomic E-state index is -1.54. The first-order valence-electron chi connectivity index (χ1n) is 25.0. The van der Waals surface area contributed by atoms with Crippen molar-refractivity contribution in [2.24, 2.45) is 0 Å². The minimum absolute atomic E-state index is 0.0472. The van der Waals surface area contributed by atoms with E-state index in [0.717, 1.165) is 38.5 Å². The van der Waals surface area contributed by atoms with Crippen LogP contribution in [0.4, 0.5) is 0 Å². The number of rotatable bonds is 39. The minimum Gasteiger partial charge on any atom is -0.478 e. The Balaban J connectivity index is 1.87. The van der Waals surface area contributed by atoms with E-state index >= 15 is 0 Å². The summed E-state index contributed by atoms with van der Waals surface area (Å²) in [6, 6.07) is 3.39. The van der Waals surface area contributed by atoms with Crippen molar-refractivity contribution in [3.8, 4) is 0 Å². The third-order valence-corrected chi connectivity index (χ3v) is 12.7. The van der Waals surface area contributed by atoms with E-state index in [1.807, 2.05) is 0 Å². The Morgan fingerprint density at radius 3 is 1.27 bits per heavy atom. The fraction of sp³-hybridized carbons (Fsp3) is 0.750. The number of esters is 2. The van der Waals surface area contributed by atoms with Gasteiger partial charge in [-0.3, -0.25) is 14.6 Å². The highest BCUT2D eigenvalue weighted by Crippen LogP contribution is 2.50. The maximum atomic E-state index is 13.2. The number of hydrogen-bond acceptors (Lipinski definition) is 8. The zero-order valence-electron chi connectivity index (χ0n) is 39.6. The molecule has 0 aliphatic carbocycles. The molecule has 352 valence electrons. The number of carboxylic acids is 2. The van der Waals surface area contributed by atoms with E-state index in [2.05, 4.69) is 18.8 Å². The lowest BCUT2D eigenvalue weighted by atomic mass is 9.63. The molecule has 10 heteroatoms. The number of carboxylic acid groups (broad SMARTS) is 2. The Morgan fingerprint density at radius 2 is 0.919 bits per heavy atom. The molecule has 1 aromatic rings. The second-order valence-electron chi connectivity index (χ2n) is 17.7. The smallest absolute Gasteiger partial charge is 0.334 e. The molecule has 10 nitrogen and oxygen atoms in total. The van der Waals surface area contributed by atoms with E-state index in [0.29, 0.717) is 36.2 Å². The van der Waals surface area contributed by atoms with Crippen molar-refractivity contribution in [1.82, 2.24) is 9.88 Å². The fourth-order valence-electron chi connectivity index (χ4n) is 9.22. The first kappa shape index (κ1) is 54.4. The van der Waals surface area contributed by atoms with Gasteiger partial charge in [-0.15, -0.1) is 0 Å². The highest BCUT2D eigenvalue weighted by atomic mass is 16.5. The lowest BCUT2D eigenvalue weighted by molar-refractivity contribution is -0.145. The third kappa shape index (κ3) is 20.7. The molecule has 2 rings (SSSR count). The quantitative estimate of drug-likeness (QED) is 0.0485. The van der Waals surface area contributed by atoms with Crippen molar-refractivity contribution in [2.45, 2.75) is 232 Å². The van der Waals surface area contributed by atoms with Gasteiger partial charge < -0.3 is 24.6 Å². The number of allylic oxidation sites excluding steroid dienone is 2. The molecule has 0 unspecified atom stereocenters. The molecular formula is C52H86N2O8. The van der Waals surface area contributed by atoms with Crippen molar-refractivity contribution < 1.29 is 38.9 Å². The summed E-state index contributed by atoms with van der Waals surface area (Å²) in [5.74, 6) is -3.00. The first-order valence-corrected chi connectivity index (χ1v) is 25.0. The van der Waals surface area contributed by atoms with Crippen LogP contribution < -0.4 is 0 Å². The van der Waals surface area contributed by atoms with Crippen LogP contribution in [-0.2, 0) is 34.1 Å². The van der Waals surface area contributed by atoms with Gasteiger partial charge in [0.25, 0.3) is 0 Å². The number of ether oxygens (including phenoxy) is 2. The maximum Gasteiger partial charge on any atom is 0.334 e. The van der Waals surface area contributed by atoms with Crippen LogP contribution in [0.3, 0.4) is 0 Å². The number of hydrogen-bond donors (Lipinski definition) is 2. The molecular weight excluding hydrogens is 781 g/mol. The Hall–Kier alpha value is -3.69. The number of carbonyl (C=O) groups is 4. The Bertz CT molecular complexity index is 1430. The summed E-state index contributed by atoms with van der Waals surface area (Å²) in [6.07, 6.45) is 36.5. The number of aromatic nitrogens is 1. The molecule has 1 aromatic heterocycles. The Kier molecular flexibility index (Phi) is 29.7. The monoisotopic (exact) mass is 867 g/mol. The molecule has 0 saturated carbocycles. The zero-order chi connectivity index (χ0) is 45.3. The summed E-state index contributed by atoms with van der Waals surface area (Å²) >= 11 is 0. The van der Waals surface area contributed by atoms with Gasteiger partial charge in [0.15, 0.2) is 0 Å². The van der Waals surface area contributed by atoms with Gasteiger partial charge in [0.2, 0.25) is 0 Å². The molecule has 2 N–H and O–H groups in total. The molecule has 0 saturated heterocycles. The second kappa shape index (κ2) is 33.8. The van der Waals surface area contributed by atoms with E-state index in [4.69, 9.17) is 9.47 Å². The summed E-state index contributed by atoms with van der Waals surface area (Å²) in [7, 11) is 0. The van der Waals surface area contributed by atoms with Crippen LogP contribution in [0.2, 0.25) is 0 Å². The topological polar surface area (TPSA) is 143 Å². The predicted molar refractivity (Wildman–Crippen MR) is 250 cm³/mol. The molecule has 0 atom stereocenters. The largest absolute Gasteiger partial charge is 0.478 e. The normalized spacial score (nSPS) is 13.8. The van der Waals surface area contributed by atoms with Crippen molar-refractivity contribution in [1.29, 1.82) is 0 Å². The van der Waals surface area contributed by atoms with Gasteiger partial charge in [-0.25, -0.2) is 9.59 Å². The molecule has 1 aliphatic rings. The van der Waals surface area contributed by atoms with Crippen LogP contribution in [0, 0.1) is 0 Å². The molecule has 62 heavy (non-hydrogen) atoms. The van der Waals surface area contributed by atoms with E-state index < -0.39 is 17.4 Å². The molecule has 0 amide bonds. The van der Waals surface area contributed by atoms with Crippen LogP contribution in [0.15, 0.2) is 47.1 Å². The summed E-state index contributed by atoms with van der Waals surface area (Å²) in [5.41, 5.74) is -0.354. The lowest BCUT2D eigenvalue weighted by Gasteiger charge is -2.45.